The van der Waals surface area contributed by atoms with E-state index in [2.05, 4.69) is 11.9 Å². The fraction of sp³-hybridized carbons (Fsp3) is 0.300. The molecular weight excluding hydrogens is 384 g/mol. The molecular formula is C20H23ClN2O3S. The first-order valence-corrected chi connectivity index (χ1v) is 9.66. The van der Waals surface area contributed by atoms with Gasteiger partial charge in [-0.15, -0.1) is 17.9 Å². The van der Waals surface area contributed by atoms with E-state index in [-0.39, 0.29) is 18.2 Å². The van der Waals surface area contributed by atoms with E-state index < -0.39 is 6.04 Å². The summed E-state index contributed by atoms with van der Waals surface area (Å²) in [5, 5.41) is 2.86. The van der Waals surface area contributed by atoms with E-state index in [4.69, 9.17) is 16.3 Å². The summed E-state index contributed by atoms with van der Waals surface area (Å²) in [5.74, 6) is 0.451. The Labute approximate surface area is 168 Å². The number of nitrogens with one attached hydrogen (secondary N) is 1. The van der Waals surface area contributed by atoms with Crippen LogP contribution in [0.15, 0.2) is 49.1 Å². The fourth-order valence-electron chi connectivity index (χ4n) is 2.67. The molecule has 0 fully saturated rings. The van der Waals surface area contributed by atoms with E-state index in [1.54, 1.807) is 18.1 Å². The number of thiophene rings is 1. The fourth-order valence-corrected chi connectivity index (χ4v) is 3.78. The van der Waals surface area contributed by atoms with Gasteiger partial charge in [0.05, 0.1) is 30.5 Å². The first-order valence-electron chi connectivity index (χ1n) is 8.47. The minimum Gasteiger partial charge on any atom is -0.497 e. The number of halogens is 1. The van der Waals surface area contributed by atoms with Crippen LogP contribution in [-0.2, 0) is 16.1 Å². The van der Waals surface area contributed by atoms with Gasteiger partial charge in [-0.25, -0.2) is 0 Å². The molecule has 0 aliphatic heterocycles. The SMILES string of the molecule is C=CCN(Cc1ccc(Cl)s1)C(=O)CC(NC(C)=O)c1ccc(OC)cc1. The molecule has 1 N–H and O–H groups in total. The number of methoxy groups -OCH3 is 1. The van der Waals surface area contributed by atoms with Crippen LogP contribution in [0.25, 0.3) is 0 Å². The molecule has 1 unspecified atom stereocenters. The van der Waals surface area contributed by atoms with E-state index in [9.17, 15) is 9.59 Å². The van der Waals surface area contributed by atoms with Gasteiger partial charge in [-0.1, -0.05) is 29.8 Å². The first-order chi connectivity index (χ1) is 12.9. The molecule has 1 atom stereocenters. The van der Waals surface area contributed by atoms with Crippen LogP contribution in [0.1, 0.15) is 29.8 Å². The second kappa shape index (κ2) is 10.1. The van der Waals surface area contributed by atoms with Gasteiger partial charge in [0.25, 0.3) is 0 Å². The maximum Gasteiger partial charge on any atom is 0.225 e. The Morgan fingerprint density at radius 3 is 2.52 bits per heavy atom. The number of ether oxygens (including phenoxy) is 1. The molecule has 0 aliphatic rings. The molecule has 0 aliphatic carbocycles. The van der Waals surface area contributed by atoms with Gasteiger partial charge in [-0.3, -0.25) is 9.59 Å². The summed E-state index contributed by atoms with van der Waals surface area (Å²) >= 11 is 7.43. The van der Waals surface area contributed by atoms with E-state index in [1.165, 1.54) is 18.3 Å². The molecule has 2 aromatic rings. The van der Waals surface area contributed by atoms with Gasteiger partial charge in [0.1, 0.15) is 5.75 Å². The molecule has 0 saturated carbocycles. The van der Waals surface area contributed by atoms with Crippen molar-refractivity contribution >= 4 is 34.8 Å². The molecule has 2 rings (SSSR count). The number of amides is 2. The second-order valence-corrected chi connectivity index (χ2v) is 7.80. The van der Waals surface area contributed by atoms with Gasteiger partial charge in [0.2, 0.25) is 11.8 Å². The van der Waals surface area contributed by atoms with Crippen LogP contribution >= 0.6 is 22.9 Å². The van der Waals surface area contributed by atoms with Crippen molar-refractivity contribution in [2.45, 2.75) is 25.9 Å². The lowest BCUT2D eigenvalue weighted by Crippen LogP contribution is -2.35. The number of hydrogen-bond acceptors (Lipinski definition) is 4. The summed E-state index contributed by atoms with van der Waals surface area (Å²) in [4.78, 5) is 27.2. The number of hydrogen-bond donors (Lipinski definition) is 1. The monoisotopic (exact) mass is 406 g/mol. The minimum absolute atomic E-state index is 0.0750. The molecule has 0 spiro atoms. The molecule has 144 valence electrons. The van der Waals surface area contributed by atoms with Crippen molar-refractivity contribution in [3.8, 4) is 5.75 Å². The predicted molar refractivity (Wildman–Crippen MR) is 109 cm³/mol. The summed E-state index contributed by atoms with van der Waals surface area (Å²) in [6, 6.07) is 10.6. The van der Waals surface area contributed by atoms with Crippen LogP contribution in [-0.4, -0.2) is 30.4 Å². The number of carbonyl (C=O) groups excluding carboxylic acids is 2. The van der Waals surface area contributed by atoms with Crippen molar-refractivity contribution in [3.63, 3.8) is 0 Å². The number of rotatable bonds is 9. The Morgan fingerprint density at radius 1 is 1.30 bits per heavy atom. The Kier molecular flexibility index (Phi) is 7.88. The zero-order chi connectivity index (χ0) is 19.8. The highest BCUT2D eigenvalue weighted by atomic mass is 35.5. The molecule has 0 radical (unpaired) electrons. The Bertz CT molecular complexity index is 789. The third-order valence-electron chi connectivity index (χ3n) is 3.95. The summed E-state index contributed by atoms with van der Waals surface area (Å²) in [6.45, 7) is 6.05. The Morgan fingerprint density at radius 2 is 2.00 bits per heavy atom. The van der Waals surface area contributed by atoms with Gasteiger partial charge in [-0.2, -0.15) is 0 Å². The molecule has 27 heavy (non-hydrogen) atoms. The van der Waals surface area contributed by atoms with Gasteiger partial charge >= 0.3 is 0 Å². The normalized spacial score (nSPS) is 11.5. The maximum absolute atomic E-state index is 12.9. The zero-order valence-electron chi connectivity index (χ0n) is 15.4. The predicted octanol–water partition coefficient (Wildman–Crippen LogP) is 4.19. The van der Waals surface area contributed by atoms with E-state index in [0.29, 0.717) is 17.4 Å². The average molecular weight is 407 g/mol. The number of carbonyl (C=O) groups is 2. The maximum atomic E-state index is 12.9. The van der Waals surface area contributed by atoms with Crippen LogP contribution in [0.5, 0.6) is 5.75 Å². The van der Waals surface area contributed by atoms with Crippen molar-refractivity contribution in [2.75, 3.05) is 13.7 Å². The van der Waals surface area contributed by atoms with Crippen molar-refractivity contribution < 1.29 is 14.3 Å². The smallest absolute Gasteiger partial charge is 0.225 e. The molecule has 5 nitrogen and oxygen atoms in total. The van der Waals surface area contributed by atoms with Gasteiger partial charge < -0.3 is 15.0 Å². The van der Waals surface area contributed by atoms with Gasteiger partial charge in [0.15, 0.2) is 0 Å². The Hall–Kier alpha value is -2.31. The third kappa shape index (κ3) is 6.41. The van der Waals surface area contributed by atoms with Crippen molar-refractivity contribution in [3.05, 3.63) is 63.8 Å². The number of nitrogens with zero attached hydrogens (tertiary/aromatic N) is 1. The zero-order valence-corrected chi connectivity index (χ0v) is 17.0. The minimum atomic E-state index is -0.417. The van der Waals surface area contributed by atoms with Crippen molar-refractivity contribution in [2.24, 2.45) is 0 Å². The van der Waals surface area contributed by atoms with Gasteiger partial charge in [-0.05, 0) is 29.8 Å². The standard InChI is InChI=1S/C20H23ClN2O3S/c1-4-11-23(13-17-9-10-19(21)27-17)20(25)12-18(22-14(2)24)15-5-7-16(26-3)8-6-15/h4-10,18H,1,11-13H2,2-3H3,(H,22,24). The van der Waals surface area contributed by atoms with Crippen molar-refractivity contribution in [1.29, 1.82) is 0 Å². The van der Waals surface area contributed by atoms with E-state index in [0.717, 1.165) is 16.2 Å². The van der Waals surface area contributed by atoms with Crippen LogP contribution < -0.4 is 10.1 Å². The number of benzene rings is 1. The Balaban J connectivity index is 2.15. The van der Waals surface area contributed by atoms with Crippen LogP contribution in [0.2, 0.25) is 4.34 Å². The molecule has 7 heteroatoms. The van der Waals surface area contributed by atoms with Gasteiger partial charge in [0, 0.05) is 18.3 Å². The molecule has 1 aromatic heterocycles. The van der Waals surface area contributed by atoms with Crippen molar-refractivity contribution in [1.82, 2.24) is 10.2 Å². The lowest BCUT2D eigenvalue weighted by Gasteiger charge is -2.24. The topological polar surface area (TPSA) is 58.6 Å². The molecule has 1 aromatic carbocycles. The summed E-state index contributed by atoms with van der Waals surface area (Å²) < 4.78 is 5.85. The highest BCUT2D eigenvalue weighted by molar-refractivity contribution is 7.16. The molecule has 1 heterocycles. The highest BCUT2D eigenvalue weighted by Crippen LogP contribution is 2.25. The largest absolute Gasteiger partial charge is 0.497 e. The van der Waals surface area contributed by atoms with Crippen LogP contribution in [0.4, 0.5) is 0 Å². The average Bonchev–Trinajstić information content (AvgIpc) is 3.05. The summed E-state index contributed by atoms with van der Waals surface area (Å²) in [7, 11) is 1.59. The molecule has 0 bridgehead atoms. The van der Waals surface area contributed by atoms with E-state index >= 15 is 0 Å². The highest BCUT2D eigenvalue weighted by Gasteiger charge is 2.21. The van der Waals surface area contributed by atoms with Crippen LogP contribution in [0.3, 0.4) is 0 Å². The first kappa shape index (κ1) is 21.0. The van der Waals surface area contributed by atoms with Crippen LogP contribution in [0, 0.1) is 0 Å². The lowest BCUT2D eigenvalue weighted by molar-refractivity contribution is -0.132. The summed E-state index contributed by atoms with van der Waals surface area (Å²) in [5.41, 5.74) is 0.845. The van der Waals surface area contributed by atoms with E-state index in [1.807, 2.05) is 36.4 Å². The third-order valence-corrected chi connectivity index (χ3v) is 5.17. The second-order valence-electron chi connectivity index (χ2n) is 6.00. The lowest BCUT2D eigenvalue weighted by atomic mass is 10.0. The summed E-state index contributed by atoms with van der Waals surface area (Å²) in [6.07, 6.45) is 1.84. The molecule has 0 saturated heterocycles. The molecule has 2 amide bonds. The quantitative estimate of drug-likeness (QED) is 0.635.